The van der Waals surface area contributed by atoms with Gasteiger partial charge in [0, 0.05) is 48.8 Å². The highest BCUT2D eigenvalue weighted by Crippen LogP contribution is 2.34. The number of β-amino-alcohol motifs (C(OH)–C–C–N with tert-alkyl or cyclic N) is 1. The van der Waals surface area contributed by atoms with Crippen LogP contribution in [0.3, 0.4) is 0 Å². The van der Waals surface area contributed by atoms with Crippen molar-refractivity contribution in [3.05, 3.63) is 81.7 Å². The molecule has 0 bridgehead atoms. The average Bonchev–Trinajstić information content (AvgIpc) is 3.26. The highest BCUT2D eigenvalue weighted by molar-refractivity contribution is 5.98. The Bertz CT molecular complexity index is 1380. The predicted molar refractivity (Wildman–Crippen MR) is 120 cm³/mol. The number of nitrogens with zero attached hydrogens (tertiary/aromatic N) is 2. The standard InChI is InChI=1S/C24H23FN4O3/c1-28(24(32)19-10-14-4-2-3-5-18(14)26-19)21-13-29(8-9-30)12-20-22(21)16-7-6-15(25)11-17(16)23(31)27-20/h2-7,10-11,21,26,30H,8-9,12-13H2,1H3,(H,27,31)/i30D. The zero-order chi connectivity index (χ0) is 23.1. The Kier molecular flexibility index (Phi) is 4.74. The van der Waals surface area contributed by atoms with Gasteiger partial charge in [-0.1, -0.05) is 24.3 Å². The van der Waals surface area contributed by atoms with E-state index in [0.717, 1.165) is 16.5 Å². The fourth-order valence-corrected chi connectivity index (χ4v) is 4.64. The molecule has 3 N–H and O–H groups in total. The lowest BCUT2D eigenvalue weighted by Crippen LogP contribution is -2.44. The lowest BCUT2D eigenvalue weighted by atomic mass is 9.92. The molecule has 0 aliphatic carbocycles. The summed E-state index contributed by atoms with van der Waals surface area (Å²) < 4.78 is 20.9. The number of likely N-dealkylation sites (N-methyl/N-ethyl adjacent to an activating group) is 1. The van der Waals surface area contributed by atoms with Gasteiger partial charge >= 0.3 is 0 Å². The van der Waals surface area contributed by atoms with E-state index in [2.05, 4.69) is 15.1 Å². The Morgan fingerprint density at radius 2 is 2.09 bits per heavy atom. The predicted octanol–water partition coefficient (Wildman–Crippen LogP) is 2.77. The minimum atomic E-state index is -0.489. The number of aromatic nitrogens is 2. The van der Waals surface area contributed by atoms with Crippen molar-refractivity contribution in [2.75, 3.05) is 26.7 Å². The number of rotatable bonds is 5. The number of carbonyl (C=O) groups is 1. The van der Waals surface area contributed by atoms with Gasteiger partial charge in [0.15, 0.2) is 0 Å². The first-order chi connectivity index (χ1) is 16.0. The Morgan fingerprint density at radius 3 is 2.91 bits per heavy atom. The molecule has 5 rings (SSSR count). The molecule has 0 saturated heterocycles. The lowest BCUT2D eigenvalue weighted by Gasteiger charge is -2.39. The number of aromatic amines is 2. The average molecular weight is 435 g/mol. The van der Waals surface area contributed by atoms with Gasteiger partial charge in [-0.25, -0.2) is 4.39 Å². The summed E-state index contributed by atoms with van der Waals surface area (Å²) in [6, 6.07) is 13.3. The van der Waals surface area contributed by atoms with Gasteiger partial charge in [0.2, 0.25) is 1.43 Å². The van der Waals surface area contributed by atoms with E-state index in [-0.39, 0.29) is 23.5 Å². The molecule has 4 aromatic rings. The van der Waals surface area contributed by atoms with Gasteiger partial charge in [0.25, 0.3) is 11.5 Å². The number of H-pyrrole nitrogens is 2. The molecule has 0 fully saturated rings. The van der Waals surface area contributed by atoms with Crippen LogP contribution in [-0.4, -0.2) is 59.0 Å². The van der Waals surface area contributed by atoms with Crippen molar-refractivity contribution in [1.29, 1.82) is 1.43 Å². The number of nitrogens with one attached hydrogen (secondary N) is 2. The van der Waals surface area contributed by atoms with Crippen molar-refractivity contribution < 1.29 is 14.3 Å². The van der Waals surface area contributed by atoms with E-state index in [1.165, 1.54) is 12.1 Å². The number of hydrogen-bond acceptors (Lipinski definition) is 4. The second-order valence-corrected chi connectivity index (χ2v) is 8.18. The summed E-state index contributed by atoms with van der Waals surface area (Å²) in [7, 11) is 1.73. The molecule has 0 spiro atoms. The van der Waals surface area contributed by atoms with Crippen molar-refractivity contribution in [2.24, 2.45) is 0 Å². The number of pyridine rings is 1. The number of hydrogen-bond donors (Lipinski definition) is 3. The van der Waals surface area contributed by atoms with Crippen LogP contribution in [0.1, 0.15) is 27.8 Å². The van der Waals surface area contributed by atoms with Crippen molar-refractivity contribution in [3.8, 4) is 0 Å². The largest absolute Gasteiger partial charge is 0.395 e. The van der Waals surface area contributed by atoms with E-state index in [9.17, 15) is 14.0 Å². The Hall–Kier alpha value is -3.49. The Labute approximate surface area is 184 Å². The second-order valence-electron chi connectivity index (χ2n) is 8.18. The molecular formula is C24H23FN4O3. The molecule has 1 unspecified atom stereocenters. The highest BCUT2D eigenvalue weighted by atomic mass is 19.1. The van der Waals surface area contributed by atoms with Crippen molar-refractivity contribution in [3.63, 3.8) is 0 Å². The van der Waals surface area contributed by atoms with Crippen LogP contribution in [0.2, 0.25) is 0 Å². The highest BCUT2D eigenvalue weighted by Gasteiger charge is 2.33. The third kappa shape index (κ3) is 3.37. The number of amides is 1. The molecule has 0 saturated carbocycles. The van der Waals surface area contributed by atoms with Crippen LogP contribution in [0.4, 0.5) is 4.39 Å². The zero-order valence-electron chi connectivity index (χ0n) is 18.5. The van der Waals surface area contributed by atoms with E-state index in [0.29, 0.717) is 36.4 Å². The topological polar surface area (TPSA) is 92.4 Å². The molecule has 1 aliphatic rings. The molecular weight excluding hydrogens is 411 g/mol. The van der Waals surface area contributed by atoms with Gasteiger partial charge in [-0.05, 0) is 29.7 Å². The molecule has 7 nitrogen and oxygen atoms in total. The summed E-state index contributed by atoms with van der Waals surface area (Å²) in [5.41, 5.74) is 2.45. The quantitative estimate of drug-likeness (QED) is 0.450. The number of aliphatic hydroxyl groups excluding tert-OH is 1. The first kappa shape index (κ1) is 19.2. The van der Waals surface area contributed by atoms with Gasteiger partial charge in [-0.2, -0.15) is 0 Å². The summed E-state index contributed by atoms with van der Waals surface area (Å²) in [6.45, 7) is 1.59. The number of carbonyl (C=O) groups excluding carboxylic acids is 1. The van der Waals surface area contributed by atoms with Gasteiger partial charge in [0.05, 0.1) is 18.0 Å². The minimum absolute atomic E-state index is 0.192. The van der Waals surface area contributed by atoms with E-state index in [4.69, 9.17) is 1.43 Å². The minimum Gasteiger partial charge on any atom is -0.395 e. The van der Waals surface area contributed by atoms with Crippen LogP contribution < -0.4 is 5.56 Å². The van der Waals surface area contributed by atoms with Gasteiger partial charge < -0.3 is 20.0 Å². The molecule has 164 valence electrons. The molecule has 1 amide bonds. The van der Waals surface area contributed by atoms with Crippen LogP contribution >= 0.6 is 0 Å². The molecule has 3 heterocycles. The number of aliphatic hydroxyl groups is 1. The number of fused-ring (bicyclic) bond motifs is 4. The summed E-state index contributed by atoms with van der Waals surface area (Å²) >= 11 is 0. The molecule has 1 atom stereocenters. The van der Waals surface area contributed by atoms with Crippen molar-refractivity contribution in [1.82, 2.24) is 19.8 Å². The van der Waals surface area contributed by atoms with Crippen LogP contribution in [0.15, 0.2) is 53.3 Å². The van der Waals surface area contributed by atoms with Crippen molar-refractivity contribution >= 4 is 27.6 Å². The van der Waals surface area contributed by atoms with E-state index < -0.39 is 11.9 Å². The fourth-order valence-electron chi connectivity index (χ4n) is 4.64. The number of halogens is 1. The summed E-state index contributed by atoms with van der Waals surface area (Å²) in [5, 5.41) is 6.33. The first-order valence-electron chi connectivity index (χ1n) is 10.9. The molecule has 2 aromatic heterocycles. The van der Waals surface area contributed by atoms with Gasteiger partial charge in [0.1, 0.15) is 11.5 Å². The number of para-hydroxylation sites is 1. The maximum atomic E-state index is 13.9. The summed E-state index contributed by atoms with van der Waals surface area (Å²) in [5.74, 6) is -0.681. The third-order valence-electron chi connectivity index (χ3n) is 6.21. The number of benzene rings is 2. The summed E-state index contributed by atoms with van der Waals surface area (Å²) in [6.07, 6.45) is 0. The Morgan fingerprint density at radius 1 is 1.25 bits per heavy atom. The van der Waals surface area contributed by atoms with Crippen LogP contribution in [-0.2, 0) is 6.54 Å². The normalized spacial score (nSPS) is 16.8. The molecule has 8 heteroatoms. The first-order valence-corrected chi connectivity index (χ1v) is 10.5. The maximum Gasteiger partial charge on any atom is 0.270 e. The fraction of sp³-hybridized carbons (Fsp3) is 0.250. The van der Waals surface area contributed by atoms with Crippen LogP contribution in [0, 0.1) is 5.82 Å². The van der Waals surface area contributed by atoms with Gasteiger partial charge in [-0.15, -0.1) is 0 Å². The van der Waals surface area contributed by atoms with E-state index >= 15 is 0 Å². The molecule has 1 aliphatic heterocycles. The Balaban J connectivity index is 1.60. The second kappa shape index (κ2) is 7.89. The smallest absolute Gasteiger partial charge is 0.270 e. The van der Waals surface area contributed by atoms with E-state index in [1.807, 2.05) is 35.2 Å². The van der Waals surface area contributed by atoms with Crippen LogP contribution in [0.25, 0.3) is 21.7 Å². The third-order valence-corrected chi connectivity index (χ3v) is 6.21. The summed E-state index contributed by atoms with van der Waals surface area (Å²) in [4.78, 5) is 35.9. The van der Waals surface area contributed by atoms with E-state index in [1.54, 1.807) is 18.0 Å². The molecule has 2 aromatic carbocycles. The van der Waals surface area contributed by atoms with Gasteiger partial charge in [-0.3, -0.25) is 14.5 Å². The van der Waals surface area contributed by atoms with Crippen LogP contribution in [0.5, 0.6) is 0 Å². The molecule has 0 radical (unpaired) electrons. The monoisotopic (exact) mass is 435 g/mol. The SMILES string of the molecule is [2H]OCCN1Cc2[nH]c(=O)c3cc(F)ccc3c2C(N(C)C(=O)c2cc3ccccc3[nH]2)C1. The van der Waals surface area contributed by atoms with Crippen molar-refractivity contribution in [2.45, 2.75) is 12.6 Å². The zero-order valence-corrected chi connectivity index (χ0v) is 17.5. The lowest BCUT2D eigenvalue weighted by molar-refractivity contribution is 0.0636. The maximum absolute atomic E-state index is 13.9. The molecule has 32 heavy (non-hydrogen) atoms.